The third kappa shape index (κ3) is 5.59. The topological polar surface area (TPSA) is 73.3 Å². The monoisotopic (exact) mass is 409 g/mol. The minimum atomic E-state index is -4.62. The van der Waals surface area contributed by atoms with E-state index in [9.17, 15) is 17.7 Å². The van der Waals surface area contributed by atoms with E-state index in [-0.39, 0.29) is 5.95 Å². The van der Waals surface area contributed by atoms with Gasteiger partial charge in [0.15, 0.2) is 8.69 Å². The molecule has 0 aliphatic heterocycles. The van der Waals surface area contributed by atoms with Crippen molar-refractivity contribution in [1.82, 2.24) is 9.97 Å². The first-order chi connectivity index (χ1) is 12.3. The van der Waals surface area contributed by atoms with Crippen LogP contribution in [0.5, 0.6) is 5.75 Å². The summed E-state index contributed by atoms with van der Waals surface area (Å²) in [7, 11) is 0.260. The number of methoxy groups -OCH3 is 1. The number of aromatic nitrogens is 2. The maximum atomic E-state index is 12.7. The van der Waals surface area contributed by atoms with Crippen LogP contribution in [0.2, 0.25) is 5.15 Å². The summed E-state index contributed by atoms with van der Waals surface area (Å²) in [5, 5.41) is 2.10. The Bertz CT molecular complexity index is 778. The number of hydrogen-bond acceptors (Lipinski definition) is 6. The molecule has 0 spiro atoms. The first-order valence-corrected chi connectivity index (χ1v) is 8.76. The molecule has 0 saturated carbocycles. The molecule has 0 amide bonds. The summed E-state index contributed by atoms with van der Waals surface area (Å²) in [4.78, 5) is 7.27. The van der Waals surface area contributed by atoms with E-state index in [4.69, 9.17) is 20.9 Å². The Morgan fingerprint density at radius 2 is 2.12 bits per heavy atom. The van der Waals surface area contributed by atoms with Gasteiger partial charge in [-0.1, -0.05) is 17.7 Å². The van der Waals surface area contributed by atoms with Crippen molar-refractivity contribution in [2.75, 3.05) is 19.0 Å². The molecule has 26 heavy (non-hydrogen) atoms. The minimum Gasteiger partial charge on any atom is -0.495 e. The molecule has 0 aliphatic carbocycles. The second-order valence-corrected chi connectivity index (χ2v) is 6.01. The lowest BCUT2D eigenvalue weighted by molar-refractivity contribution is -0.137. The molecule has 0 bridgehead atoms. The normalized spacial score (nSPS) is 11.9. The third-order valence-electron chi connectivity index (χ3n) is 3.36. The van der Waals surface area contributed by atoms with Gasteiger partial charge < -0.3 is 14.6 Å². The fourth-order valence-corrected chi connectivity index (χ4v) is 2.63. The summed E-state index contributed by atoms with van der Waals surface area (Å²) >= 11 is 5.59. The predicted molar refractivity (Wildman–Crippen MR) is 93.0 cm³/mol. The SMILES string of the molecule is COc1cc(CCCO[PH2]=O)ccc1Nc1ncc(C(F)(F)F)c(Cl)n1. The van der Waals surface area contributed by atoms with Crippen LogP contribution in [0, 0.1) is 0 Å². The van der Waals surface area contributed by atoms with Crippen molar-refractivity contribution in [3.8, 4) is 5.75 Å². The van der Waals surface area contributed by atoms with Gasteiger partial charge >= 0.3 is 6.18 Å². The van der Waals surface area contributed by atoms with Crippen LogP contribution in [0.4, 0.5) is 24.8 Å². The maximum Gasteiger partial charge on any atom is 0.420 e. The van der Waals surface area contributed by atoms with Gasteiger partial charge in [0.2, 0.25) is 5.95 Å². The van der Waals surface area contributed by atoms with Crippen molar-refractivity contribution < 1.29 is 27.0 Å². The van der Waals surface area contributed by atoms with Gasteiger partial charge in [-0.05, 0) is 30.5 Å². The molecule has 0 fully saturated rings. The number of anilines is 2. The van der Waals surface area contributed by atoms with Gasteiger partial charge in [-0.15, -0.1) is 0 Å². The molecule has 11 heteroatoms. The zero-order chi connectivity index (χ0) is 19.2. The first-order valence-electron chi connectivity index (χ1n) is 7.44. The highest BCUT2D eigenvalue weighted by Gasteiger charge is 2.34. The highest BCUT2D eigenvalue weighted by atomic mass is 35.5. The molecular weight excluding hydrogens is 394 g/mol. The summed E-state index contributed by atoms with van der Waals surface area (Å²) in [6, 6.07) is 5.29. The lowest BCUT2D eigenvalue weighted by Gasteiger charge is -2.13. The van der Waals surface area contributed by atoms with Crippen molar-refractivity contribution in [2.45, 2.75) is 19.0 Å². The smallest absolute Gasteiger partial charge is 0.420 e. The van der Waals surface area contributed by atoms with Gasteiger partial charge in [-0.3, -0.25) is 4.57 Å². The average molecular weight is 410 g/mol. The van der Waals surface area contributed by atoms with Gasteiger partial charge in [0.05, 0.1) is 19.4 Å². The van der Waals surface area contributed by atoms with Crippen molar-refractivity contribution in [2.24, 2.45) is 0 Å². The molecule has 142 valence electrons. The Labute approximate surface area is 154 Å². The van der Waals surface area contributed by atoms with Crippen molar-refractivity contribution in [3.05, 3.63) is 40.7 Å². The van der Waals surface area contributed by atoms with Gasteiger partial charge in [0.1, 0.15) is 16.5 Å². The highest BCUT2D eigenvalue weighted by Crippen LogP contribution is 2.34. The van der Waals surface area contributed by atoms with Crippen molar-refractivity contribution >= 4 is 31.9 Å². The number of benzene rings is 1. The molecular formula is C15H16ClF3N3O3P. The van der Waals surface area contributed by atoms with E-state index >= 15 is 0 Å². The molecule has 1 N–H and O–H groups in total. The van der Waals surface area contributed by atoms with Crippen LogP contribution in [0.25, 0.3) is 0 Å². The van der Waals surface area contributed by atoms with E-state index in [1.54, 1.807) is 12.1 Å². The van der Waals surface area contributed by atoms with Crippen LogP contribution in [0.3, 0.4) is 0 Å². The number of alkyl halides is 3. The number of aryl methyl sites for hydroxylation is 1. The Morgan fingerprint density at radius 1 is 1.35 bits per heavy atom. The van der Waals surface area contributed by atoms with Gasteiger partial charge in [-0.2, -0.15) is 13.2 Å². The quantitative estimate of drug-likeness (QED) is 0.392. The molecule has 1 aromatic carbocycles. The Hall–Kier alpha value is -1.83. The third-order valence-corrected chi connectivity index (χ3v) is 4.02. The lowest BCUT2D eigenvalue weighted by Crippen LogP contribution is -2.09. The Morgan fingerprint density at radius 3 is 2.73 bits per heavy atom. The Kier molecular flexibility index (Phi) is 7.25. The van der Waals surface area contributed by atoms with Gasteiger partial charge in [0, 0.05) is 6.20 Å². The van der Waals surface area contributed by atoms with Crippen LogP contribution in [0.1, 0.15) is 17.5 Å². The number of ether oxygens (including phenoxy) is 1. The zero-order valence-electron chi connectivity index (χ0n) is 13.6. The molecule has 1 heterocycles. The minimum absolute atomic E-state index is 0.0825. The predicted octanol–water partition coefficient (Wildman–Crippen LogP) is 4.52. The van der Waals surface area contributed by atoms with Crippen LogP contribution in [-0.2, 0) is 21.7 Å². The summed E-state index contributed by atoms with van der Waals surface area (Å²) in [5.41, 5.74) is 0.338. The molecule has 1 atom stereocenters. The molecule has 0 saturated heterocycles. The van der Waals surface area contributed by atoms with Crippen molar-refractivity contribution in [3.63, 3.8) is 0 Å². The summed E-state index contributed by atoms with van der Waals surface area (Å²) < 4.78 is 58.5. The first kappa shape index (κ1) is 20.5. The number of halogens is 4. The zero-order valence-corrected chi connectivity index (χ0v) is 15.5. The van der Waals surface area contributed by atoms with E-state index in [0.29, 0.717) is 37.1 Å². The van der Waals surface area contributed by atoms with E-state index < -0.39 is 25.6 Å². The summed E-state index contributed by atoms with van der Waals surface area (Å²) in [5.74, 6) is 0.387. The molecule has 0 radical (unpaired) electrons. The molecule has 2 rings (SSSR count). The highest BCUT2D eigenvalue weighted by molar-refractivity contribution is 7.17. The largest absolute Gasteiger partial charge is 0.495 e. The standard InChI is InChI=1S/C15H16ClF3N3O3P/c1-24-12-7-9(3-2-6-25-26-23)4-5-11(12)21-14-20-8-10(13(16)22-14)15(17,18)19/h4-5,7-8H,2-3,6,26H2,1H3,(H,20,21,22). The van der Waals surface area contributed by atoms with Crippen molar-refractivity contribution in [1.29, 1.82) is 0 Å². The van der Waals surface area contributed by atoms with E-state index in [2.05, 4.69) is 15.3 Å². The van der Waals surface area contributed by atoms with E-state index in [1.807, 2.05) is 6.07 Å². The van der Waals surface area contributed by atoms with Gasteiger partial charge in [0.25, 0.3) is 0 Å². The molecule has 0 aliphatic rings. The Balaban J connectivity index is 2.13. The fourth-order valence-electron chi connectivity index (χ4n) is 2.13. The second kappa shape index (κ2) is 9.21. The van der Waals surface area contributed by atoms with Crippen LogP contribution in [0.15, 0.2) is 24.4 Å². The molecule has 2 aromatic rings. The van der Waals surface area contributed by atoms with E-state index in [0.717, 1.165) is 5.56 Å². The average Bonchev–Trinajstić information content (AvgIpc) is 2.58. The molecule has 1 aromatic heterocycles. The van der Waals surface area contributed by atoms with Crippen LogP contribution < -0.4 is 10.1 Å². The van der Waals surface area contributed by atoms with Gasteiger partial charge in [-0.25, -0.2) is 9.97 Å². The summed E-state index contributed by atoms with van der Waals surface area (Å²) in [6.07, 6.45) is -2.61. The lowest BCUT2D eigenvalue weighted by atomic mass is 10.1. The number of nitrogens with zero attached hydrogens (tertiary/aromatic N) is 2. The van der Waals surface area contributed by atoms with Crippen LogP contribution >= 0.6 is 20.3 Å². The number of rotatable bonds is 8. The number of hydrogen-bond donors (Lipinski definition) is 1. The number of nitrogens with one attached hydrogen (secondary N) is 1. The van der Waals surface area contributed by atoms with Crippen LogP contribution in [-0.4, -0.2) is 23.7 Å². The fraction of sp³-hybridized carbons (Fsp3) is 0.333. The molecule has 1 unspecified atom stereocenters. The molecule has 6 nitrogen and oxygen atoms in total. The maximum absolute atomic E-state index is 12.7. The van der Waals surface area contributed by atoms with E-state index in [1.165, 1.54) is 7.11 Å². The summed E-state index contributed by atoms with van der Waals surface area (Å²) in [6.45, 7) is 0.402. The second-order valence-electron chi connectivity index (χ2n) is 5.13.